The van der Waals surface area contributed by atoms with Crippen molar-refractivity contribution in [3.63, 3.8) is 0 Å². The van der Waals surface area contributed by atoms with Gasteiger partial charge in [0.15, 0.2) is 0 Å². The van der Waals surface area contributed by atoms with Gasteiger partial charge in [0.2, 0.25) is 5.91 Å². The maximum Gasteiger partial charge on any atom is 0.225 e. The van der Waals surface area contributed by atoms with Crippen molar-refractivity contribution in [2.24, 2.45) is 5.92 Å². The number of aromatic nitrogens is 2. The van der Waals surface area contributed by atoms with Gasteiger partial charge in [0.05, 0.1) is 0 Å². The lowest BCUT2D eigenvalue weighted by Crippen LogP contribution is -2.50. The summed E-state index contributed by atoms with van der Waals surface area (Å²) in [6, 6.07) is 10.3. The summed E-state index contributed by atoms with van der Waals surface area (Å²) in [7, 11) is 0. The average molecular weight is 380 g/mol. The third-order valence-electron chi connectivity index (χ3n) is 5.77. The summed E-state index contributed by atoms with van der Waals surface area (Å²) in [6.07, 6.45) is 4.54. The van der Waals surface area contributed by atoms with Crippen molar-refractivity contribution in [3.05, 3.63) is 41.7 Å². The lowest BCUT2D eigenvalue weighted by molar-refractivity contribution is -0.135. The van der Waals surface area contributed by atoms with Gasteiger partial charge in [-0.05, 0) is 38.8 Å². The van der Waals surface area contributed by atoms with E-state index in [0.717, 1.165) is 62.2 Å². The summed E-state index contributed by atoms with van der Waals surface area (Å²) in [5.74, 6) is 3.10. The van der Waals surface area contributed by atoms with Crippen LogP contribution >= 0.6 is 0 Å². The van der Waals surface area contributed by atoms with Gasteiger partial charge in [-0.25, -0.2) is 9.97 Å². The molecule has 6 nitrogen and oxygen atoms in total. The molecule has 0 spiro atoms. The number of rotatable bonds is 4. The Bertz CT molecular complexity index is 821. The standard InChI is InChI=1S/C22H29N5O/c1-16-7-9-19(10-8-16)25-20-15-21(24-17(2)23-20)26-11-13-27(14-12-26)22(28)18-5-3-4-6-18/h7-10,15,18H,3-6,11-14H2,1-2H3,(H,23,24,25). The van der Waals surface area contributed by atoms with Crippen LogP contribution in [0.2, 0.25) is 0 Å². The fraction of sp³-hybridized carbons (Fsp3) is 0.500. The van der Waals surface area contributed by atoms with Crippen LogP contribution in [-0.2, 0) is 4.79 Å². The molecule has 1 amide bonds. The number of aryl methyl sites for hydroxylation is 2. The Balaban J connectivity index is 1.41. The summed E-state index contributed by atoms with van der Waals surface area (Å²) < 4.78 is 0. The highest BCUT2D eigenvalue weighted by Crippen LogP contribution is 2.27. The van der Waals surface area contributed by atoms with Crippen molar-refractivity contribution >= 4 is 23.2 Å². The molecule has 0 atom stereocenters. The van der Waals surface area contributed by atoms with E-state index in [-0.39, 0.29) is 5.92 Å². The zero-order valence-corrected chi connectivity index (χ0v) is 16.8. The average Bonchev–Trinajstić information content (AvgIpc) is 3.24. The van der Waals surface area contributed by atoms with Crippen LogP contribution in [0.4, 0.5) is 17.3 Å². The second kappa shape index (κ2) is 8.17. The van der Waals surface area contributed by atoms with Gasteiger partial charge in [-0.2, -0.15) is 0 Å². The first-order chi connectivity index (χ1) is 13.6. The van der Waals surface area contributed by atoms with Crippen LogP contribution in [0.5, 0.6) is 0 Å². The first-order valence-corrected chi connectivity index (χ1v) is 10.3. The minimum Gasteiger partial charge on any atom is -0.353 e. The molecule has 2 heterocycles. The van der Waals surface area contributed by atoms with Gasteiger partial charge in [0.25, 0.3) is 0 Å². The molecule has 2 aliphatic rings. The maximum atomic E-state index is 12.7. The Morgan fingerprint density at radius 3 is 2.36 bits per heavy atom. The molecule has 28 heavy (non-hydrogen) atoms. The number of hydrogen-bond acceptors (Lipinski definition) is 5. The molecule has 1 aliphatic heterocycles. The zero-order chi connectivity index (χ0) is 19.5. The number of anilines is 3. The van der Waals surface area contributed by atoms with E-state index in [9.17, 15) is 4.79 Å². The van der Waals surface area contributed by atoms with Crippen molar-refractivity contribution in [1.29, 1.82) is 0 Å². The quantitative estimate of drug-likeness (QED) is 0.878. The van der Waals surface area contributed by atoms with Crippen LogP contribution < -0.4 is 10.2 Å². The minimum absolute atomic E-state index is 0.262. The minimum atomic E-state index is 0.262. The van der Waals surface area contributed by atoms with Crippen molar-refractivity contribution in [3.8, 4) is 0 Å². The monoisotopic (exact) mass is 379 g/mol. The molecular weight excluding hydrogens is 350 g/mol. The first kappa shape index (κ1) is 18.7. The summed E-state index contributed by atoms with van der Waals surface area (Å²) in [6.45, 7) is 7.19. The highest BCUT2D eigenvalue weighted by Gasteiger charge is 2.29. The molecule has 2 aromatic rings. The number of nitrogens with zero attached hydrogens (tertiary/aromatic N) is 4. The second-order valence-electron chi connectivity index (χ2n) is 7.94. The predicted molar refractivity (Wildman–Crippen MR) is 112 cm³/mol. The van der Waals surface area contributed by atoms with E-state index in [1.54, 1.807) is 0 Å². The third-order valence-corrected chi connectivity index (χ3v) is 5.77. The molecule has 4 rings (SSSR count). The Morgan fingerprint density at radius 2 is 1.68 bits per heavy atom. The molecule has 0 bridgehead atoms. The van der Waals surface area contributed by atoms with E-state index in [1.807, 2.05) is 17.9 Å². The largest absolute Gasteiger partial charge is 0.353 e. The van der Waals surface area contributed by atoms with E-state index >= 15 is 0 Å². The second-order valence-corrected chi connectivity index (χ2v) is 7.94. The molecule has 1 aliphatic carbocycles. The lowest BCUT2D eigenvalue weighted by Gasteiger charge is -2.36. The predicted octanol–water partition coefficient (Wildman–Crippen LogP) is 3.68. The van der Waals surface area contributed by atoms with Crippen molar-refractivity contribution in [1.82, 2.24) is 14.9 Å². The Hall–Kier alpha value is -2.63. The van der Waals surface area contributed by atoms with E-state index in [0.29, 0.717) is 5.91 Å². The summed E-state index contributed by atoms with van der Waals surface area (Å²) in [4.78, 5) is 26.1. The third kappa shape index (κ3) is 4.26. The van der Waals surface area contributed by atoms with Gasteiger partial charge in [-0.1, -0.05) is 30.5 Å². The number of carbonyl (C=O) groups excluding carboxylic acids is 1. The van der Waals surface area contributed by atoms with Gasteiger partial charge in [-0.3, -0.25) is 4.79 Å². The molecule has 0 radical (unpaired) electrons. The summed E-state index contributed by atoms with van der Waals surface area (Å²) in [5, 5.41) is 3.37. The summed E-state index contributed by atoms with van der Waals surface area (Å²) >= 11 is 0. The van der Waals surface area contributed by atoms with Gasteiger partial charge < -0.3 is 15.1 Å². The van der Waals surface area contributed by atoms with Crippen LogP contribution in [-0.4, -0.2) is 47.0 Å². The van der Waals surface area contributed by atoms with Gasteiger partial charge in [0.1, 0.15) is 17.5 Å². The molecule has 6 heteroatoms. The van der Waals surface area contributed by atoms with Crippen LogP contribution in [0.3, 0.4) is 0 Å². The molecule has 1 aromatic heterocycles. The molecule has 1 saturated heterocycles. The zero-order valence-electron chi connectivity index (χ0n) is 16.8. The maximum absolute atomic E-state index is 12.7. The van der Waals surface area contributed by atoms with Gasteiger partial charge >= 0.3 is 0 Å². The number of benzene rings is 1. The fourth-order valence-electron chi connectivity index (χ4n) is 4.15. The van der Waals surface area contributed by atoms with Crippen molar-refractivity contribution in [2.75, 3.05) is 36.4 Å². The topological polar surface area (TPSA) is 61.4 Å². The molecule has 1 saturated carbocycles. The molecule has 1 N–H and O–H groups in total. The highest BCUT2D eigenvalue weighted by molar-refractivity contribution is 5.79. The van der Waals surface area contributed by atoms with E-state index < -0.39 is 0 Å². The number of piperazine rings is 1. The van der Waals surface area contributed by atoms with Crippen molar-refractivity contribution in [2.45, 2.75) is 39.5 Å². The number of carbonyl (C=O) groups is 1. The van der Waals surface area contributed by atoms with Crippen LogP contribution in [0.15, 0.2) is 30.3 Å². The molecular formula is C22H29N5O. The first-order valence-electron chi connectivity index (χ1n) is 10.3. The van der Waals surface area contributed by atoms with E-state index in [2.05, 4.69) is 51.4 Å². The Morgan fingerprint density at radius 1 is 1.00 bits per heavy atom. The van der Waals surface area contributed by atoms with Crippen LogP contribution in [0.25, 0.3) is 0 Å². The Kier molecular flexibility index (Phi) is 5.46. The normalized spacial score (nSPS) is 17.8. The van der Waals surface area contributed by atoms with Crippen molar-refractivity contribution < 1.29 is 4.79 Å². The molecule has 0 unspecified atom stereocenters. The lowest BCUT2D eigenvalue weighted by atomic mass is 10.1. The molecule has 148 valence electrons. The molecule has 1 aromatic carbocycles. The van der Waals surface area contributed by atoms with E-state index in [1.165, 1.54) is 18.4 Å². The SMILES string of the molecule is Cc1ccc(Nc2cc(N3CCN(C(=O)C4CCCC4)CC3)nc(C)n2)cc1. The summed E-state index contributed by atoms with van der Waals surface area (Å²) in [5.41, 5.74) is 2.25. The fourth-order valence-corrected chi connectivity index (χ4v) is 4.15. The number of amides is 1. The highest BCUT2D eigenvalue weighted by atomic mass is 16.2. The van der Waals surface area contributed by atoms with Crippen LogP contribution in [0.1, 0.15) is 37.1 Å². The number of hydrogen-bond donors (Lipinski definition) is 1. The Labute approximate surface area is 167 Å². The van der Waals surface area contributed by atoms with E-state index in [4.69, 9.17) is 0 Å². The van der Waals surface area contributed by atoms with Gasteiger partial charge in [0, 0.05) is 43.9 Å². The van der Waals surface area contributed by atoms with Gasteiger partial charge in [-0.15, -0.1) is 0 Å². The van der Waals surface area contributed by atoms with Crippen LogP contribution in [0, 0.1) is 19.8 Å². The smallest absolute Gasteiger partial charge is 0.225 e. The molecule has 2 fully saturated rings. The number of nitrogens with one attached hydrogen (secondary N) is 1.